The van der Waals surface area contributed by atoms with Crippen LogP contribution in [0.3, 0.4) is 0 Å². The maximum Gasteiger partial charge on any atom is 0.251 e. The smallest absolute Gasteiger partial charge is 0.251 e. The van der Waals surface area contributed by atoms with Crippen molar-refractivity contribution in [3.63, 3.8) is 0 Å². The Kier molecular flexibility index (Phi) is 6.21. The number of carbonyl (C=O) groups excluding carboxylic acids is 1. The lowest BCUT2D eigenvalue weighted by atomic mass is 10.1. The van der Waals surface area contributed by atoms with Crippen LogP contribution >= 0.6 is 0 Å². The van der Waals surface area contributed by atoms with E-state index in [0.717, 1.165) is 6.42 Å². The van der Waals surface area contributed by atoms with Gasteiger partial charge in [0, 0.05) is 25.4 Å². The topological polar surface area (TPSA) is 113 Å². The molecule has 9 heteroatoms. The van der Waals surface area contributed by atoms with Gasteiger partial charge in [0.15, 0.2) is 9.84 Å². The molecule has 0 bridgehead atoms. The molecule has 0 radical (unpaired) electrons. The third kappa shape index (κ3) is 4.84. The number of carbonyl (C=O) groups is 1. The Hall–Kier alpha value is -2.99. The number of rotatable bonds is 6. The Balaban J connectivity index is 1.58. The number of sulfone groups is 1. The molecule has 1 saturated heterocycles. The van der Waals surface area contributed by atoms with Gasteiger partial charge in [0.25, 0.3) is 5.88 Å². The third-order valence-electron chi connectivity index (χ3n) is 4.47. The van der Waals surface area contributed by atoms with Crippen LogP contribution in [0.1, 0.15) is 25.0 Å². The molecule has 1 fully saturated rings. The summed E-state index contributed by atoms with van der Waals surface area (Å²) in [6.45, 7) is 0.876. The molecule has 28 heavy (non-hydrogen) atoms. The second-order valence-corrected chi connectivity index (χ2v) is 8.53. The standard InChI is InChI=1S/C19H20N4O4S/c20-13-17-19(22-10-9-21-17)27-15-5-4-11-23(14-15)18(24)8-12-28(25,26)16-6-2-1-3-7-16/h1-3,6-7,9-10,15H,4-5,8,11-12,14H2. The maximum atomic E-state index is 12.5. The van der Waals surface area contributed by atoms with Gasteiger partial charge in [-0.05, 0) is 25.0 Å². The van der Waals surface area contributed by atoms with Crippen LogP contribution in [-0.2, 0) is 14.6 Å². The number of aromatic nitrogens is 2. The van der Waals surface area contributed by atoms with Gasteiger partial charge in [0.1, 0.15) is 12.2 Å². The van der Waals surface area contributed by atoms with Gasteiger partial charge in [-0.1, -0.05) is 18.2 Å². The summed E-state index contributed by atoms with van der Waals surface area (Å²) in [5, 5.41) is 9.07. The van der Waals surface area contributed by atoms with Gasteiger partial charge in [0.05, 0.1) is 17.2 Å². The number of likely N-dealkylation sites (tertiary alicyclic amines) is 1. The quantitative estimate of drug-likeness (QED) is 0.723. The fourth-order valence-electron chi connectivity index (χ4n) is 3.03. The van der Waals surface area contributed by atoms with Crippen molar-refractivity contribution in [1.82, 2.24) is 14.9 Å². The van der Waals surface area contributed by atoms with Crippen molar-refractivity contribution in [1.29, 1.82) is 5.26 Å². The van der Waals surface area contributed by atoms with E-state index in [2.05, 4.69) is 9.97 Å². The molecule has 1 amide bonds. The van der Waals surface area contributed by atoms with Crippen LogP contribution in [0.4, 0.5) is 0 Å². The van der Waals surface area contributed by atoms with Crippen molar-refractivity contribution < 1.29 is 17.9 Å². The van der Waals surface area contributed by atoms with Crippen molar-refractivity contribution in [2.75, 3.05) is 18.8 Å². The van der Waals surface area contributed by atoms with E-state index in [0.29, 0.717) is 19.5 Å². The van der Waals surface area contributed by atoms with Gasteiger partial charge in [-0.15, -0.1) is 0 Å². The van der Waals surface area contributed by atoms with E-state index in [9.17, 15) is 13.2 Å². The molecule has 1 aromatic carbocycles. The first-order chi connectivity index (χ1) is 13.5. The molecule has 0 aliphatic carbocycles. The van der Waals surface area contributed by atoms with Gasteiger partial charge in [-0.3, -0.25) is 4.79 Å². The molecule has 2 heterocycles. The highest BCUT2D eigenvalue weighted by molar-refractivity contribution is 7.91. The summed E-state index contributed by atoms with van der Waals surface area (Å²) in [7, 11) is -3.50. The highest BCUT2D eigenvalue weighted by atomic mass is 32.2. The lowest BCUT2D eigenvalue weighted by molar-refractivity contribution is -0.133. The van der Waals surface area contributed by atoms with Crippen LogP contribution in [0, 0.1) is 11.3 Å². The van der Waals surface area contributed by atoms with Gasteiger partial charge >= 0.3 is 0 Å². The number of hydrogen-bond donors (Lipinski definition) is 0. The molecule has 1 aliphatic heterocycles. The Labute approximate surface area is 163 Å². The molecule has 2 aromatic rings. The Bertz CT molecular complexity index is 973. The van der Waals surface area contributed by atoms with E-state index in [1.54, 1.807) is 23.1 Å². The maximum absolute atomic E-state index is 12.5. The lowest BCUT2D eigenvalue weighted by Crippen LogP contribution is -2.45. The number of nitrogens with zero attached hydrogens (tertiary/aromatic N) is 4. The predicted molar refractivity (Wildman–Crippen MR) is 100 cm³/mol. The minimum Gasteiger partial charge on any atom is -0.470 e. The zero-order valence-corrected chi connectivity index (χ0v) is 16.0. The molecule has 3 rings (SSSR count). The first-order valence-electron chi connectivity index (χ1n) is 8.93. The normalized spacial score (nSPS) is 17.0. The van der Waals surface area contributed by atoms with Crippen LogP contribution in [-0.4, -0.2) is 54.1 Å². The summed E-state index contributed by atoms with van der Waals surface area (Å²) in [5.41, 5.74) is 0.0971. The van der Waals surface area contributed by atoms with Crippen molar-refractivity contribution in [3.8, 4) is 11.9 Å². The van der Waals surface area contributed by atoms with E-state index < -0.39 is 9.84 Å². The van der Waals surface area contributed by atoms with Crippen LogP contribution in [0.25, 0.3) is 0 Å². The molecule has 1 aromatic heterocycles. The van der Waals surface area contributed by atoms with E-state index in [1.807, 2.05) is 6.07 Å². The summed E-state index contributed by atoms with van der Waals surface area (Å²) in [5.74, 6) is -0.316. The number of ether oxygens (including phenoxy) is 1. The second kappa shape index (κ2) is 8.80. The van der Waals surface area contributed by atoms with Gasteiger partial charge in [-0.25, -0.2) is 18.4 Å². The van der Waals surface area contributed by atoms with Crippen molar-refractivity contribution in [3.05, 3.63) is 48.4 Å². The number of amides is 1. The lowest BCUT2D eigenvalue weighted by Gasteiger charge is -2.32. The summed E-state index contributed by atoms with van der Waals surface area (Å²) in [6.07, 6.45) is 3.90. The first-order valence-corrected chi connectivity index (χ1v) is 10.6. The zero-order chi connectivity index (χ0) is 20.0. The summed E-state index contributed by atoms with van der Waals surface area (Å²) >= 11 is 0. The predicted octanol–water partition coefficient (Wildman–Crippen LogP) is 1.58. The van der Waals surface area contributed by atoms with Gasteiger partial charge < -0.3 is 9.64 Å². The monoisotopic (exact) mass is 400 g/mol. The van der Waals surface area contributed by atoms with Crippen LogP contribution in [0.5, 0.6) is 5.88 Å². The number of piperidine rings is 1. The first kappa shape index (κ1) is 19.8. The van der Waals surface area contributed by atoms with Crippen molar-refractivity contribution in [2.24, 2.45) is 0 Å². The molecule has 1 unspecified atom stereocenters. The van der Waals surface area contributed by atoms with E-state index in [1.165, 1.54) is 24.5 Å². The molecule has 146 valence electrons. The average Bonchev–Trinajstić information content (AvgIpc) is 2.73. The molecule has 0 spiro atoms. The summed E-state index contributed by atoms with van der Waals surface area (Å²) in [4.78, 5) is 22.3. The molecule has 8 nitrogen and oxygen atoms in total. The fraction of sp³-hybridized carbons (Fsp3) is 0.368. The average molecular weight is 400 g/mol. The van der Waals surface area contributed by atoms with Crippen LogP contribution < -0.4 is 4.74 Å². The van der Waals surface area contributed by atoms with Crippen molar-refractivity contribution >= 4 is 15.7 Å². The summed E-state index contributed by atoms with van der Waals surface area (Å²) in [6, 6.07) is 10.0. The molecule has 0 saturated carbocycles. The van der Waals surface area contributed by atoms with Crippen molar-refractivity contribution in [2.45, 2.75) is 30.3 Å². The van der Waals surface area contributed by atoms with E-state index in [-0.39, 0.29) is 40.7 Å². The molecule has 1 atom stereocenters. The zero-order valence-electron chi connectivity index (χ0n) is 15.2. The van der Waals surface area contributed by atoms with Crippen LogP contribution in [0.15, 0.2) is 47.6 Å². The Morgan fingerprint density at radius 1 is 1.25 bits per heavy atom. The molecule has 1 aliphatic rings. The van der Waals surface area contributed by atoms with Gasteiger partial charge in [-0.2, -0.15) is 5.26 Å². The Morgan fingerprint density at radius 2 is 2.00 bits per heavy atom. The van der Waals surface area contributed by atoms with Gasteiger partial charge in [0.2, 0.25) is 11.6 Å². The highest BCUT2D eigenvalue weighted by Crippen LogP contribution is 2.19. The molecular weight excluding hydrogens is 380 g/mol. The number of nitriles is 1. The second-order valence-electron chi connectivity index (χ2n) is 6.43. The molecule has 0 N–H and O–H groups in total. The molecular formula is C19H20N4O4S. The third-order valence-corrected chi connectivity index (χ3v) is 6.20. The number of benzene rings is 1. The SMILES string of the molecule is N#Cc1nccnc1OC1CCCN(C(=O)CCS(=O)(=O)c2ccccc2)C1. The highest BCUT2D eigenvalue weighted by Gasteiger charge is 2.27. The largest absolute Gasteiger partial charge is 0.470 e. The minimum atomic E-state index is -3.50. The van der Waals surface area contributed by atoms with E-state index in [4.69, 9.17) is 10.00 Å². The minimum absolute atomic E-state index is 0.0848. The summed E-state index contributed by atoms with van der Waals surface area (Å²) < 4.78 is 30.5. The fourth-order valence-corrected chi connectivity index (χ4v) is 4.28. The van der Waals surface area contributed by atoms with E-state index >= 15 is 0 Å². The van der Waals surface area contributed by atoms with Crippen LogP contribution in [0.2, 0.25) is 0 Å². The Morgan fingerprint density at radius 3 is 2.75 bits per heavy atom. The number of hydrogen-bond acceptors (Lipinski definition) is 7.